The normalized spacial score (nSPS) is 31.4. The Balaban J connectivity index is 1.33. The second-order valence-corrected chi connectivity index (χ2v) is 8.76. The van der Waals surface area contributed by atoms with E-state index in [4.69, 9.17) is 9.88 Å². The van der Waals surface area contributed by atoms with Crippen molar-refractivity contribution in [3.05, 3.63) is 29.8 Å². The molecule has 2 saturated carbocycles. The van der Waals surface area contributed by atoms with E-state index in [2.05, 4.69) is 5.32 Å². The third-order valence-corrected chi connectivity index (χ3v) is 7.00. The maximum Gasteiger partial charge on any atom is 0.238 e. The molecule has 0 aromatic heterocycles. The van der Waals surface area contributed by atoms with Crippen LogP contribution in [0.5, 0.6) is 0 Å². The molecule has 3 fully saturated rings. The summed E-state index contributed by atoms with van der Waals surface area (Å²) in [7, 11) is -3.60. The summed E-state index contributed by atoms with van der Waals surface area (Å²) in [5.74, 6) is 0.694. The summed E-state index contributed by atoms with van der Waals surface area (Å²) < 4.78 is 28.5. The van der Waals surface area contributed by atoms with Crippen LogP contribution in [0.25, 0.3) is 0 Å². The third kappa shape index (κ3) is 2.52. The minimum absolute atomic E-state index is 0.174. The molecule has 4 rings (SSSR count). The summed E-state index contributed by atoms with van der Waals surface area (Å²) in [5, 5.41) is 8.88. The average Bonchev–Trinajstić information content (AvgIpc) is 2.86. The summed E-state index contributed by atoms with van der Waals surface area (Å²) in [5.41, 5.74) is 1.55. The molecule has 3 aliphatic rings. The molecule has 3 atom stereocenters. The predicted molar refractivity (Wildman–Crippen MR) is 87.4 cm³/mol. The molecule has 0 bridgehead atoms. The van der Waals surface area contributed by atoms with Gasteiger partial charge in [-0.05, 0) is 49.9 Å². The SMILES string of the molecule is NS(=O)(=O)c1ccc(CCNC2C3CCOC3C23CCC3)cc1. The number of sulfonamides is 1. The van der Waals surface area contributed by atoms with Crippen molar-refractivity contribution in [2.24, 2.45) is 16.5 Å². The maximum absolute atomic E-state index is 11.3. The molecule has 3 unspecified atom stereocenters. The first-order chi connectivity index (χ1) is 11.0. The molecule has 1 spiro atoms. The first kappa shape index (κ1) is 15.6. The molecule has 23 heavy (non-hydrogen) atoms. The highest BCUT2D eigenvalue weighted by Crippen LogP contribution is 2.62. The molecule has 1 heterocycles. The Morgan fingerprint density at radius 1 is 1.26 bits per heavy atom. The van der Waals surface area contributed by atoms with Gasteiger partial charge in [0.1, 0.15) is 0 Å². The van der Waals surface area contributed by atoms with Crippen LogP contribution in [0.2, 0.25) is 0 Å². The number of benzene rings is 1. The maximum atomic E-state index is 11.3. The summed E-state index contributed by atoms with van der Waals surface area (Å²) in [4.78, 5) is 0.174. The van der Waals surface area contributed by atoms with Crippen LogP contribution in [0, 0.1) is 11.3 Å². The lowest BCUT2D eigenvalue weighted by atomic mass is 9.46. The van der Waals surface area contributed by atoms with Crippen molar-refractivity contribution in [2.45, 2.75) is 49.1 Å². The smallest absolute Gasteiger partial charge is 0.238 e. The average molecular weight is 336 g/mol. The first-order valence-corrected chi connectivity index (χ1v) is 10.0. The molecular formula is C17H24N2O3S. The summed E-state index contributed by atoms with van der Waals surface area (Å²) in [6.45, 7) is 1.84. The number of nitrogens with one attached hydrogen (secondary N) is 1. The van der Waals surface area contributed by atoms with Crippen molar-refractivity contribution in [3.8, 4) is 0 Å². The van der Waals surface area contributed by atoms with E-state index >= 15 is 0 Å². The number of primary sulfonamides is 1. The zero-order valence-corrected chi connectivity index (χ0v) is 14.0. The van der Waals surface area contributed by atoms with Crippen molar-refractivity contribution in [1.29, 1.82) is 0 Å². The van der Waals surface area contributed by atoms with Gasteiger partial charge in [-0.25, -0.2) is 13.6 Å². The number of hydrogen-bond donors (Lipinski definition) is 2. The van der Waals surface area contributed by atoms with Gasteiger partial charge in [-0.2, -0.15) is 0 Å². The van der Waals surface area contributed by atoms with Gasteiger partial charge in [0.05, 0.1) is 11.0 Å². The Hall–Kier alpha value is -0.950. The second kappa shape index (κ2) is 5.55. The molecule has 1 aromatic rings. The van der Waals surface area contributed by atoms with Gasteiger partial charge >= 0.3 is 0 Å². The standard InChI is InChI=1S/C17H24N2O3S/c18-23(20,21)13-4-2-12(3-5-13)6-10-19-15-14-7-11-22-16(14)17(15)8-1-9-17/h2-5,14-16,19H,1,6-11H2,(H2,18,20,21). The molecule has 126 valence electrons. The van der Waals surface area contributed by atoms with Crippen molar-refractivity contribution in [3.63, 3.8) is 0 Å². The van der Waals surface area contributed by atoms with Gasteiger partial charge in [0.2, 0.25) is 10.0 Å². The van der Waals surface area contributed by atoms with E-state index in [0.29, 0.717) is 23.5 Å². The fraction of sp³-hybridized carbons (Fsp3) is 0.647. The van der Waals surface area contributed by atoms with Crippen molar-refractivity contribution >= 4 is 10.0 Å². The van der Waals surface area contributed by atoms with Crippen LogP contribution in [-0.2, 0) is 21.2 Å². The van der Waals surface area contributed by atoms with E-state index in [9.17, 15) is 8.42 Å². The highest BCUT2D eigenvalue weighted by Gasteiger charge is 2.66. The summed E-state index contributed by atoms with van der Waals surface area (Å²) >= 11 is 0. The molecular weight excluding hydrogens is 312 g/mol. The van der Waals surface area contributed by atoms with Gasteiger partial charge in [-0.1, -0.05) is 18.6 Å². The van der Waals surface area contributed by atoms with Crippen LogP contribution in [0.4, 0.5) is 0 Å². The highest BCUT2D eigenvalue weighted by atomic mass is 32.2. The van der Waals surface area contributed by atoms with Crippen molar-refractivity contribution in [1.82, 2.24) is 5.32 Å². The van der Waals surface area contributed by atoms with Crippen LogP contribution in [0.3, 0.4) is 0 Å². The lowest BCUT2D eigenvalue weighted by molar-refractivity contribution is -0.175. The molecule has 3 N–H and O–H groups in total. The molecule has 5 nitrogen and oxygen atoms in total. The highest BCUT2D eigenvalue weighted by molar-refractivity contribution is 7.89. The monoisotopic (exact) mass is 336 g/mol. The number of rotatable bonds is 5. The van der Waals surface area contributed by atoms with Crippen LogP contribution in [-0.4, -0.2) is 33.7 Å². The zero-order chi connectivity index (χ0) is 16.1. The predicted octanol–water partition coefficient (Wildman–Crippen LogP) is 1.42. The molecule has 1 saturated heterocycles. The van der Waals surface area contributed by atoms with Gasteiger partial charge in [-0.15, -0.1) is 0 Å². The minimum Gasteiger partial charge on any atom is -0.377 e. The lowest BCUT2D eigenvalue weighted by Crippen LogP contribution is -2.71. The van der Waals surface area contributed by atoms with Crippen LogP contribution in [0.1, 0.15) is 31.2 Å². The summed E-state index contributed by atoms with van der Waals surface area (Å²) in [6, 6.07) is 7.48. The van der Waals surface area contributed by atoms with Crippen molar-refractivity contribution in [2.75, 3.05) is 13.2 Å². The Labute approximate surface area is 137 Å². The quantitative estimate of drug-likeness (QED) is 0.852. The Bertz CT molecular complexity index is 682. The van der Waals surface area contributed by atoms with Crippen LogP contribution in [0.15, 0.2) is 29.2 Å². The van der Waals surface area contributed by atoms with Gasteiger partial charge in [0, 0.05) is 24.0 Å². The fourth-order valence-corrected chi connectivity index (χ4v) is 5.29. The number of hydrogen-bond acceptors (Lipinski definition) is 4. The summed E-state index contributed by atoms with van der Waals surface area (Å²) in [6.07, 6.45) is 6.52. The lowest BCUT2D eigenvalue weighted by Gasteiger charge is -2.63. The first-order valence-electron chi connectivity index (χ1n) is 8.47. The van der Waals surface area contributed by atoms with Gasteiger partial charge in [0.15, 0.2) is 0 Å². The van der Waals surface area contributed by atoms with Crippen molar-refractivity contribution < 1.29 is 13.2 Å². The molecule has 1 aliphatic heterocycles. The third-order valence-electron chi connectivity index (χ3n) is 6.07. The Morgan fingerprint density at radius 3 is 2.61 bits per heavy atom. The second-order valence-electron chi connectivity index (χ2n) is 7.20. The van der Waals surface area contributed by atoms with Crippen LogP contribution < -0.4 is 10.5 Å². The van der Waals surface area contributed by atoms with Gasteiger partial charge in [-0.3, -0.25) is 0 Å². The fourth-order valence-electron chi connectivity index (χ4n) is 4.78. The van der Waals surface area contributed by atoms with E-state index in [1.807, 2.05) is 12.1 Å². The molecule has 0 amide bonds. The zero-order valence-electron chi connectivity index (χ0n) is 13.2. The van der Waals surface area contributed by atoms with E-state index in [0.717, 1.165) is 25.1 Å². The Kier molecular flexibility index (Phi) is 3.76. The Morgan fingerprint density at radius 2 is 2.00 bits per heavy atom. The molecule has 6 heteroatoms. The van der Waals surface area contributed by atoms with E-state index in [-0.39, 0.29) is 4.90 Å². The molecule has 2 aliphatic carbocycles. The largest absolute Gasteiger partial charge is 0.377 e. The van der Waals surface area contributed by atoms with E-state index < -0.39 is 10.0 Å². The number of fused-ring (bicyclic) bond motifs is 2. The minimum atomic E-state index is -3.60. The number of nitrogens with two attached hydrogens (primary N) is 1. The molecule has 0 radical (unpaired) electrons. The topological polar surface area (TPSA) is 81.4 Å². The van der Waals surface area contributed by atoms with Gasteiger partial charge < -0.3 is 10.1 Å². The number of ether oxygens (including phenoxy) is 1. The van der Waals surface area contributed by atoms with E-state index in [1.54, 1.807) is 12.1 Å². The van der Waals surface area contributed by atoms with Crippen LogP contribution >= 0.6 is 0 Å². The van der Waals surface area contributed by atoms with E-state index in [1.165, 1.54) is 25.7 Å². The van der Waals surface area contributed by atoms with Gasteiger partial charge in [0.25, 0.3) is 0 Å². The molecule has 1 aromatic carbocycles.